The van der Waals surface area contributed by atoms with Crippen molar-refractivity contribution < 1.29 is 34.7 Å². The number of thiophene rings is 1. The number of methoxy groups -OCH3 is 1. The van der Waals surface area contributed by atoms with Gasteiger partial charge < -0.3 is 4.74 Å². The SMILES string of the molecule is COc1ccc(-c2ccc(NS(=O)(=O)c3ccc(Cl)s3)c(NS(=O)(=O)c3cccc(C(F)(F)F)c3)c2)cc1. The molecule has 14 heteroatoms. The lowest BCUT2D eigenvalue weighted by molar-refractivity contribution is -0.137. The maximum Gasteiger partial charge on any atom is 0.416 e. The van der Waals surface area contributed by atoms with Gasteiger partial charge in [0.25, 0.3) is 20.0 Å². The number of rotatable bonds is 8. The minimum absolute atomic E-state index is 0.117. The van der Waals surface area contributed by atoms with E-state index in [9.17, 15) is 30.0 Å². The second-order valence-electron chi connectivity index (χ2n) is 7.78. The summed E-state index contributed by atoms with van der Waals surface area (Å²) in [5.74, 6) is 0.582. The number of ether oxygens (including phenoxy) is 1. The van der Waals surface area contributed by atoms with Crippen LogP contribution in [0.15, 0.2) is 88.0 Å². The number of sulfonamides is 2. The highest BCUT2D eigenvalue weighted by atomic mass is 35.5. The van der Waals surface area contributed by atoms with Crippen molar-refractivity contribution in [1.29, 1.82) is 0 Å². The molecule has 0 aliphatic carbocycles. The quantitative estimate of drug-likeness (QED) is 0.234. The lowest BCUT2D eigenvalue weighted by Crippen LogP contribution is -2.18. The molecule has 0 aliphatic heterocycles. The van der Waals surface area contributed by atoms with Crippen LogP contribution in [0.4, 0.5) is 24.5 Å². The minimum Gasteiger partial charge on any atom is -0.497 e. The van der Waals surface area contributed by atoms with Crippen LogP contribution in [-0.2, 0) is 26.2 Å². The van der Waals surface area contributed by atoms with E-state index in [2.05, 4.69) is 9.44 Å². The molecule has 7 nitrogen and oxygen atoms in total. The lowest BCUT2D eigenvalue weighted by atomic mass is 10.0. The van der Waals surface area contributed by atoms with Crippen molar-refractivity contribution >= 4 is 54.4 Å². The monoisotopic (exact) mass is 602 g/mol. The van der Waals surface area contributed by atoms with Gasteiger partial charge in [0.15, 0.2) is 0 Å². The molecular formula is C24H18ClF3N2O5S3. The normalized spacial score (nSPS) is 12.2. The van der Waals surface area contributed by atoms with Gasteiger partial charge in [-0.1, -0.05) is 35.9 Å². The predicted molar refractivity (Wildman–Crippen MR) is 141 cm³/mol. The average molecular weight is 603 g/mol. The zero-order valence-electron chi connectivity index (χ0n) is 19.3. The van der Waals surface area contributed by atoms with E-state index in [-0.39, 0.29) is 19.9 Å². The molecule has 0 saturated carbocycles. The van der Waals surface area contributed by atoms with Gasteiger partial charge in [0.2, 0.25) is 0 Å². The predicted octanol–water partition coefficient (Wildman–Crippen LogP) is 6.70. The summed E-state index contributed by atoms with van der Waals surface area (Å²) in [6, 6.07) is 16.9. The molecule has 4 rings (SSSR count). The van der Waals surface area contributed by atoms with Gasteiger partial charge in [0.1, 0.15) is 9.96 Å². The number of hydrogen-bond donors (Lipinski definition) is 2. The molecule has 0 spiro atoms. The fourth-order valence-corrected chi connectivity index (χ4v) is 7.04. The molecule has 200 valence electrons. The molecule has 1 aromatic heterocycles. The first kappa shape index (κ1) is 27.8. The van der Waals surface area contributed by atoms with E-state index in [4.69, 9.17) is 16.3 Å². The molecule has 0 unspecified atom stereocenters. The van der Waals surface area contributed by atoms with Gasteiger partial charge >= 0.3 is 6.18 Å². The molecule has 0 atom stereocenters. The molecular weight excluding hydrogens is 585 g/mol. The van der Waals surface area contributed by atoms with Crippen LogP contribution in [0.25, 0.3) is 11.1 Å². The highest BCUT2D eigenvalue weighted by Crippen LogP contribution is 2.35. The van der Waals surface area contributed by atoms with Gasteiger partial charge in [-0.05, 0) is 65.7 Å². The van der Waals surface area contributed by atoms with E-state index in [1.165, 1.54) is 31.4 Å². The maximum atomic E-state index is 13.2. The van der Waals surface area contributed by atoms with Crippen LogP contribution in [0.5, 0.6) is 5.75 Å². The highest BCUT2D eigenvalue weighted by Gasteiger charge is 2.32. The van der Waals surface area contributed by atoms with Gasteiger partial charge in [0.05, 0.1) is 33.3 Å². The van der Waals surface area contributed by atoms with Gasteiger partial charge in [-0.3, -0.25) is 9.44 Å². The number of anilines is 2. The molecule has 2 N–H and O–H groups in total. The van der Waals surface area contributed by atoms with E-state index in [1.54, 1.807) is 30.3 Å². The van der Waals surface area contributed by atoms with E-state index < -0.39 is 36.7 Å². The zero-order valence-corrected chi connectivity index (χ0v) is 22.5. The molecule has 0 bridgehead atoms. The second kappa shape index (κ2) is 10.5. The summed E-state index contributed by atoms with van der Waals surface area (Å²) in [4.78, 5) is -0.652. The van der Waals surface area contributed by atoms with Crippen LogP contribution in [0.1, 0.15) is 5.56 Å². The Morgan fingerprint density at radius 2 is 1.45 bits per heavy atom. The van der Waals surface area contributed by atoms with Crippen LogP contribution in [0.3, 0.4) is 0 Å². The van der Waals surface area contributed by atoms with Gasteiger partial charge in [0, 0.05) is 0 Å². The Labute approximate surface area is 226 Å². The standard InChI is InChI=1S/C24H18ClF3N2O5S3/c1-35-18-8-5-15(6-9-18)16-7-10-20(29-38(33,34)23-12-11-22(25)36-23)21(13-16)30-37(31,32)19-4-2-3-17(14-19)24(26,27)28/h2-14,29-30H,1H3. The topological polar surface area (TPSA) is 102 Å². The fourth-order valence-electron chi connectivity index (χ4n) is 3.36. The number of hydrogen-bond acceptors (Lipinski definition) is 6. The van der Waals surface area contributed by atoms with E-state index in [1.807, 2.05) is 0 Å². The summed E-state index contributed by atoms with van der Waals surface area (Å²) in [6.07, 6.45) is -4.76. The Morgan fingerprint density at radius 1 is 0.789 bits per heavy atom. The molecule has 1 heterocycles. The minimum atomic E-state index is -4.76. The summed E-state index contributed by atoms with van der Waals surface area (Å²) in [5.41, 5.74) is -0.367. The van der Waals surface area contributed by atoms with Gasteiger partial charge in [-0.2, -0.15) is 13.2 Å². The zero-order chi connectivity index (χ0) is 27.7. The molecule has 0 fully saturated rings. The Balaban J connectivity index is 1.78. The van der Waals surface area contributed by atoms with Crippen LogP contribution >= 0.6 is 22.9 Å². The number of nitrogens with one attached hydrogen (secondary N) is 2. The number of alkyl halides is 3. The average Bonchev–Trinajstić information content (AvgIpc) is 3.32. The summed E-state index contributed by atoms with van der Waals surface area (Å²) < 4.78 is 101. The Kier molecular flexibility index (Phi) is 7.66. The molecule has 0 aliphatic rings. The van der Waals surface area contributed by atoms with E-state index in [0.29, 0.717) is 22.9 Å². The van der Waals surface area contributed by atoms with Crippen LogP contribution in [0.2, 0.25) is 4.34 Å². The van der Waals surface area contributed by atoms with Gasteiger partial charge in [-0.15, -0.1) is 11.3 Å². The second-order valence-corrected chi connectivity index (χ2v) is 13.1. The van der Waals surface area contributed by atoms with Crippen molar-refractivity contribution in [1.82, 2.24) is 0 Å². The van der Waals surface area contributed by atoms with Crippen molar-refractivity contribution in [2.45, 2.75) is 15.3 Å². The summed E-state index contributed by atoms with van der Waals surface area (Å²) in [6.45, 7) is 0. The Bertz CT molecular complexity index is 1690. The Morgan fingerprint density at radius 3 is 2.05 bits per heavy atom. The summed E-state index contributed by atoms with van der Waals surface area (Å²) in [5, 5.41) is 0. The third-order valence-corrected chi connectivity index (χ3v) is 9.67. The van der Waals surface area contributed by atoms with Crippen molar-refractivity contribution in [3.8, 4) is 16.9 Å². The van der Waals surface area contributed by atoms with Crippen molar-refractivity contribution in [3.05, 3.63) is 88.8 Å². The third-order valence-electron chi connectivity index (χ3n) is 5.22. The van der Waals surface area contributed by atoms with Crippen LogP contribution < -0.4 is 14.2 Å². The number of benzene rings is 3. The molecule has 3 aromatic carbocycles. The fraction of sp³-hybridized carbons (Fsp3) is 0.0833. The maximum absolute atomic E-state index is 13.2. The first-order valence-corrected chi connectivity index (χ1v) is 14.7. The highest BCUT2D eigenvalue weighted by molar-refractivity contribution is 7.94. The first-order chi connectivity index (χ1) is 17.8. The lowest BCUT2D eigenvalue weighted by Gasteiger charge is -2.16. The van der Waals surface area contributed by atoms with Crippen molar-refractivity contribution in [2.24, 2.45) is 0 Å². The largest absolute Gasteiger partial charge is 0.497 e. The Hall–Kier alpha value is -3.26. The molecule has 38 heavy (non-hydrogen) atoms. The van der Waals surface area contributed by atoms with Crippen LogP contribution in [-0.4, -0.2) is 23.9 Å². The first-order valence-electron chi connectivity index (χ1n) is 10.6. The number of halogens is 4. The molecule has 0 saturated heterocycles. The van der Waals surface area contributed by atoms with Gasteiger partial charge in [-0.25, -0.2) is 16.8 Å². The summed E-state index contributed by atoms with van der Waals surface area (Å²) in [7, 11) is -7.23. The molecule has 4 aromatic rings. The molecule has 0 radical (unpaired) electrons. The smallest absolute Gasteiger partial charge is 0.416 e. The third kappa shape index (κ3) is 6.23. The van der Waals surface area contributed by atoms with E-state index >= 15 is 0 Å². The molecule has 0 amide bonds. The van der Waals surface area contributed by atoms with Crippen molar-refractivity contribution in [2.75, 3.05) is 16.6 Å². The summed E-state index contributed by atoms with van der Waals surface area (Å²) >= 11 is 6.65. The van der Waals surface area contributed by atoms with Crippen molar-refractivity contribution in [3.63, 3.8) is 0 Å². The van der Waals surface area contributed by atoms with Crippen LogP contribution in [0, 0.1) is 0 Å². The van der Waals surface area contributed by atoms with E-state index in [0.717, 1.165) is 29.5 Å².